The molecule has 1 aliphatic heterocycles. The van der Waals surface area contributed by atoms with Gasteiger partial charge in [-0.1, -0.05) is 24.2 Å². The fourth-order valence-corrected chi connectivity index (χ4v) is 3.04. The Balaban J connectivity index is 1.45. The zero-order chi connectivity index (χ0) is 19.0. The van der Waals surface area contributed by atoms with E-state index in [1.807, 2.05) is 13.8 Å². The Morgan fingerprint density at radius 1 is 1.30 bits per heavy atom. The Bertz CT molecular complexity index is 949. The van der Waals surface area contributed by atoms with E-state index in [0.717, 1.165) is 6.42 Å². The molecule has 0 aliphatic carbocycles. The summed E-state index contributed by atoms with van der Waals surface area (Å²) in [6, 6.07) is 5.60. The summed E-state index contributed by atoms with van der Waals surface area (Å²) in [5, 5.41) is 12.2. The smallest absolute Gasteiger partial charge is 0.280 e. The normalized spacial score (nSPS) is 17.0. The van der Waals surface area contributed by atoms with E-state index in [4.69, 9.17) is 4.52 Å². The van der Waals surface area contributed by atoms with Gasteiger partial charge in [0.1, 0.15) is 5.82 Å². The van der Waals surface area contributed by atoms with Crippen LogP contribution in [0.3, 0.4) is 0 Å². The van der Waals surface area contributed by atoms with Crippen LogP contribution in [0.15, 0.2) is 35.0 Å². The summed E-state index contributed by atoms with van der Waals surface area (Å²) in [5.74, 6) is 0.649. The van der Waals surface area contributed by atoms with Crippen LogP contribution in [0.4, 0.5) is 4.39 Å². The van der Waals surface area contributed by atoms with E-state index in [1.54, 1.807) is 15.8 Å². The highest BCUT2D eigenvalue weighted by Gasteiger charge is 2.29. The molecular formula is C18H19FN6O2. The van der Waals surface area contributed by atoms with Crippen molar-refractivity contribution in [2.45, 2.75) is 32.2 Å². The molecule has 0 bridgehead atoms. The van der Waals surface area contributed by atoms with Gasteiger partial charge in [-0.25, -0.2) is 9.07 Å². The van der Waals surface area contributed by atoms with Gasteiger partial charge >= 0.3 is 0 Å². The predicted molar refractivity (Wildman–Crippen MR) is 93.4 cm³/mol. The molecule has 1 aromatic carbocycles. The van der Waals surface area contributed by atoms with Gasteiger partial charge in [-0.2, -0.15) is 4.98 Å². The number of hydrogen-bond acceptors (Lipinski definition) is 6. The maximum Gasteiger partial charge on any atom is 0.280 e. The first-order valence-corrected chi connectivity index (χ1v) is 8.82. The number of halogens is 1. The Morgan fingerprint density at radius 3 is 2.78 bits per heavy atom. The lowest BCUT2D eigenvalue weighted by atomic mass is 10.2. The zero-order valence-corrected chi connectivity index (χ0v) is 15.0. The van der Waals surface area contributed by atoms with Crippen LogP contribution in [0.5, 0.6) is 0 Å². The van der Waals surface area contributed by atoms with Gasteiger partial charge in [0.05, 0.1) is 12.2 Å². The lowest BCUT2D eigenvalue weighted by Crippen LogP contribution is -2.29. The third-order valence-corrected chi connectivity index (χ3v) is 4.60. The van der Waals surface area contributed by atoms with Gasteiger partial charge in [0.2, 0.25) is 0 Å². The van der Waals surface area contributed by atoms with Gasteiger partial charge in [-0.15, -0.1) is 5.10 Å². The van der Waals surface area contributed by atoms with Crippen LogP contribution >= 0.6 is 0 Å². The highest BCUT2D eigenvalue weighted by Crippen LogP contribution is 2.25. The van der Waals surface area contributed by atoms with Crippen LogP contribution in [-0.4, -0.2) is 49.0 Å². The van der Waals surface area contributed by atoms with Crippen molar-refractivity contribution in [1.29, 1.82) is 0 Å². The molecule has 0 N–H and O–H groups in total. The molecule has 1 amide bonds. The number of nitrogens with zero attached hydrogens (tertiary/aromatic N) is 6. The molecule has 3 aromatic rings. The number of benzene rings is 1. The van der Waals surface area contributed by atoms with Crippen LogP contribution < -0.4 is 0 Å². The Labute approximate surface area is 155 Å². The van der Waals surface area contributed by atoms with Crippen LogP contribution in [0, 0.1) is 5.82 Å². The van der Waals surface area contributed by atoms with E-state index >= 15 is 0 Å². The second-order valence-corrected chi connectivity index (χ2v) is 6.90. The van der Waals surface area contributed by atoms with Gasteiger partial charge in [-0.05, 0) is 30.7 Å². The largest absolute Gasteiger partial charge is 0.336 e. The number of hydrogen-bond donors (Lipinski definition) is 0. The molecule has 8 nitrogen and oxygen atoms in total. The first-order valence-electron chi connectivity index (χ1n) is 8.82. The maximum absolute atomic E-state index is 13.0. The van der Waals surface area contributed by atoms with Crippen LogP contribution in [0.1, 0.15) is 48.4 Å². The SMILES string of the molecule is CC(C)c1noc(-c2cn(C3CCN(C(=O)c4ccc(F)cc4)C3)nn2)n1. The Morgan fingerprint density at radius 2 is 2.07 bits per heavy atom. The van der Waals surface area contributed by atoms with Crippen molar-refractivity contribution in [2.24, 2.45) is 0 Å². The lowest BCUT2D eigenvalue weighted by molar-refractivity contribution is 0.0787. The molecule has 140 valence electrons. The minimum Gasteiger partial charge on any atom is -0.336 e. The predicted octanol–water partition coefficient (Wildman–Crippen LogP) is 2.68. The van der Waals surface area contributed by atoms with Crippen molar-refractivity contribution < 1.29 is 13.7 Å². The molecule has 1 fully saturated rings. The van der Waals surface area contributed by atoms with Gasteiger partial charge in [-0.3, -0.25) is 4.79 Å². The van der Waals surface area contributed by atoms with E-state index in [9.17, 15) is 9.18 Å². The third kappa shape index (κ3) is 3.44. The van der Waals surface area contributed by atoms with Gasteiger partial charge in [0.15, 0.2) is 11.5 Å². The van der Waals surface area contributed by atoms with E-state index in [-0.39, 0.29) is 23.7 Å². The van der Waals surface area contributed by atoms with Crippen molar-refractivity contribution in [3.05, 3.63) is 47.7 Å². The molecule has 1 saturated heterocycles. The minimum absolute atomic E-state index is 0.0168. The van der Waals surface area contributed by atoms with E-state index in [2.05, 4.69) is 20.5 Å². The summed E-state index contributed by atoms with van der Waals surface area (Å²) < 4.78 is 20.0. The number of rotatable bonds is 4. The number of likely N-dealkylation sites (tertiary alicyclic amines) is 1. The topological polar surface area (TPSA) is 89.9 Å². The van der Waals surface area contributed by atoms with Crippen molar-refractivity contribution in [1.82, 2.24) is 30.0 Å². The minimum atomic E-state index is -0.359. The van der Waals surface area contributed by atoms with Crippen LogP contribution in [0.25, 0.3) is 11.6 Å². The van der Waals surface area contributed by atoms with Gasteiger partial charge in [0, 0.05) is 24.6 Å². The molecule has 3 heterocycles. The van der Waals surface area contributed by atoms with Crippen molar-refractivity contribution in [3.8, 4) is 11.6 Å². The Hall–Kier alpha value is -3.10. The molecule has 4 rings (SSSR count). The molecule has 0 saturated carbocycles. The van der Waals surface area contributed by atoms with Crippen LogP contribution in [-0.2, 0) is 0 Å². The molecule has 1 unspecified atom stereocenters. The second-order valence-electron chi connectivity index (χ2n) is 6.90. The van der Waals surface area contributed by atoms with Crippen molar-refractivity contribution >= 4 is 5.91 Å². The summed E-state index contributed by atoms with van der Waals surface area (Å²) >= 11 is 0. The third-order valence-electron chi connectivity index (χ3n) is 4.60. The maximum atomic E-state index is 13.0. The first-order chi connectivity index (χ1) is 13.0. The summed E-state index contributed by atoms with van der Waals surface area (Å²) in [6.45, 7) is 5.08. The fourth-order valence-electron chi connectivity index (χ4n) is 3.04. The number of amides is 1. The van der Waals surface area contributed by atoms with Gasteiger partial charge < -0.3 is 9.42 Å². The monoisotopic (exact) mass is 370 g/mol. The molecular weight excluding hydrogens is 351 g/mol. The summed E-state index contributed by atoms with van der Waals surface area (Å²) in [4.78, 5) is 18.6. The van der Waals surface area contributed by atoms with Gasteiger partial charge in [0.25, 0.3) is 11.8 Å². The highest BCUT2D eigenvalue weighted by molar-refractivity contribution is 5.94. The first kappa shape index (κ1) is 17.3. The average molecular weight is 370 g/mol. The summed E-state index contributed by atoms with van der Waals surface area (Å²) in [5.41, 5.74) is 0.987. The Kier molecular flexibility index (Phi) is 4.43. The van der Waals surface area contributed by atoms with Crippen molar-refractivity contribution in [2.75, 3.05) is 13.1 Å². The molecule has 2 aromatic heterocycles. The number of aromatic nitrogens is 5. The number of carbonyl (C=O) groups excluding carboxylic acids is 1. The molecule has 0 radical (unpaired) electrons. The highest BCUT2D eigenvalue weighted by atomic mass is 19.1. The molecule has 1 atom stereocenters. The van der Waals surface area contributed by atoms with Crippen molar-refractivity contribution in [3.63, 3.8) is 0 Å². The molecule has 27 heavy (non-hydrogen) atoms. The van der Waals surface area contributed by atoms with E-state index < -0.39 is 0 Å². The zero-order valence-electron chi connectivity index (χ0n) is 15.0. The second kappa shape index (κ2) is 6.90. The quantitative estimate of drug-likeness (QED) is 0.701. The fraction of sp³-hybridized carbons (Fsp3) is 0.389. The summed E-state index contributed by atoms with van der Waals surface area (Å²) in [6.07, 6.45) is 2.52. The van der Waals surface area contributed by atoms with Crippen LogP contribution in [0.2, 0.25) is 0 Å². The lowest BCUT2D eigenvalue weighted by Gasteiger charge is -2.16. The molecule has 0 spiro atoms. The van der Waals surface area contributed by atoms with E-state index in [1.165, 1.54) is 24.3 Å². The van der Waals surface area contributed by atoms with E-state index in [0.29, 0.717) is 36.1 Å². The molecule has 9 heteroatoms. The summed E-state index contributed by atoms with van der Waals surface area (Å²) in [7, 11) is 0. The average Bonchev–Trinajstić information content (AvgIpc) is 3.40. The number of carbonyl (C=O) groups is 1. The molecule has 1 aliphatic rings. The standard InChI is InChI=1S/C18H19FN6O2/c1-11(2)16-20-17(27-22-16)15-10-25(23-21-15)14-7-8-24(9-14)18(26)12-3-5-13(19)6-4-12/h3-6,10-11,14H,7-9H2,1-2H3.